The van der Waals surface area contributed by atoms with Crippen LogP contribution in [0.3, 0.4) is 0 Å². The van der Waals surface area contributed by atoms with Crippen LogP contribution in [0.25, 0.3) is 0 Å². The van der Waals surface area contributed by atoms with Gasteiger partial charge in [0.1, 0.15) is 5.75 Å². The minimum absolute atomic E-state index is 0.116. The lowest BCUT2D eigenvalue weighted by Gasteiger charge is -2.18. The van der Waals surface area contributed by atoms with Crippen molar-refractivity contribution < 1.29 is 9.66 Å². The fourth-order valence-electron chi connectivity index (χ4n) is 2.35. The number of nitrogens with zero attached hydrogens (tertiary/aromatic N) is 1. The maximum absolute atomic E-state index is 10.8. The molecule has 1 aromatic rings. The largest absolute Gasteiger partial charge is 0.496 e. The van der Waals surface area contributed by atoms with Crippen LogP contribution < -0.4 is 10.1 Å². The number of methoxy groups -OCH3 is 1. The van der Waals surface area contributed by atoms with E-state index >= 15 is 0 Å². The van der Waals surface area contributed by atoms with Gasteiger partial charge in [-0.2, -0.15) is 0 Å². The standard InChI is InChI=1S/C15H24N2O3/c1-11(2)9-13(16-3)6-5-12-10-14(17(18)19)7-8-15(12)20-4/h7-8,10-11,13,16H,5-6,9H2,1-4H3. The summed E-state index contributed by atoms with van der Waals surface area (Å²) in [5.74, 6) is 1.34. The second-order valence-corrected chi connectivity index (χ2v) is 5.41. The van der Waals surface area contributed by atoms with Crippen molar-refractivity contribution in [1.82, 2.24) is 5.32 Å². The molecule has 20 heavy (non-hydrogen) atoms. The second kappa shape index (κ2) is 7.85. The molecule has 0 bridgehead atoms. The number of nitrogens with one attached hydrogen (secondary N) is 1. The van der Waals surface area contributed by atoms with Crippen molar-refractivity contribution in [2.24, 2.45) is 5.92 Å². The highest BCUT2D eigenvalue weighted by Gasteiger charge is 2.14. The molecule has 5 nitrogen and oxygen atoms in total. The number of aryl methyl sites for hydroxylation is 1. The summed E-state index contributed by atoms with van der Waals surface area (Å²) in [5, 5.41) is 14.1. The van der Waals surface area contributed by atoms with Crippen LogP contribution >= 0.6 is 0 Å². The molecule has 1 N–H and O–H groups in total. The first-order valence-electron chi connectivity index (χ1n) is 6.96. The Morgan fingerprint density at radius 2 is 2.10 bits per heavy atom. The summed E-state index contributed by atoms with van der Waals surface area (Å²) in [6, 6.07) is 5.18. The molecule has 0 saturated heterocycles. The van der Waals surface area contributed by atoms with Crippen molar-refractivity contribution in [3.8, 4) is 5.75 Å². The molecule has 0 radical (unpaired) electrons. The first-order chi connectivity index (χ1) is 9.47. The highest BCUT2D eigenvalue weighted by atomic mass is 16.6. The lowest BCUT2D eigenvalue weighted by molar-refractivity contribution is -0.384. The molecule has 0 spiro atoms. The van der Waals surface area contributed by atoms with Crippen LogP contribution in [0, 0.1) is 16.0 Å². The maximum Gasteiger partial charge on any atom is 0.269 e. The molecule has 112 valence electrons. The number of rotatable bonds is 8. The van der Waals surface area contributed by atoms with Gasteiger partial charge in [-0.3, -0.25) is 10.1 Å². The Morgan fingerprint density at radius 1 is 1.40 bits per heavy atom. The maximum atomic E-state index is 10.8. The Morgan fingerprint density at radius 3 is 2.60 bits per heavy atom. The van der Waals surface area contributed by atoms with E-state index in [9.17, 15) is 10.1 Å². The quantitative estimate of drug-likeness (QED) is 0.587. The number of non-ortho nitro benzene ring substituents is 1. The molecular formula is C15H24N2O3. The smallest absolute Gasteiger partial charge is 0.269 e. The van der Waals surface area contributed by atoms with Crippen LogP contribution in [0.4, 0.5) is 5.69 Å². The van der Waals surface area contributed by atoms with Crippen molar-refractivity contribution in [1.29, 1.82) is 0 Å². The number of hydrogen-bond donors (Lipinski definition) is 1. The van der Waals surface area contributed by atoms with E-state index in [1.807, 2.05) is 7.05 Å². The van der Waals surface area contributed by atoms with Gasteiger partial charge in [-0.25, -0.2) is 0 Å². The molecule has 0 aliphatic heterocycles. The molecule has 0 amide bonds. The Hall–Kier alpha value is -1.62. The summed E-state index contributed by atoms with van der Waals surface area (Å²) in [7, 11) is 3.55. The first kappa shape index (κ1) is 16.4. The van der Waals surface area contributed by atoms with Gasteiger partial charge in [-0.15, -0.1) is 0 Å². The number of nitro groups is 1. The lowest BCUT2D eigenvalue weighted by atomic mass is 9.97. The number of hydrogen-bond acceptors (Lipinski definition) is 4. The van der Waals surface area contributed by atoms with Crippen molar-refractivity contribution >= 4 is 5.69 Å². The van der Waals surface area contributed by atoms with E-state index in [0.717, 1.165) is 30.6 Å². The Labute approximate surface area is 120 Å². The fraction of sp³-hybridized carbons (Fsp3) is 0.600. The summed E-state index contributed by atoms with van der Waals surface area (Å²) in [6.07, 6.45) is 2.79. The van der Waals surface area contributed by atoms with E-state index in [4.69, 9.17) is 4.74 Å². The van der Waals surface area contributed by atoms with Gasteiger partial charge < -0.3 is 10.1 Å². The first-order valence-corrected chi connectivity index (χ1v) is 6.96. The number of nitro benzene ring substituents is 1. The molecule has 0 saturated carbocycles. The Bertz CT molecular complexity index is 447. The highest BCUT2D eigenvalue weighted by Crippen LogP contribution is 2.26. The van der Waals surface area contributed by atoms with Gasteiger partial charge in [-0.05, 0) is 38.3 Å². The summed E-state index contributed by atoms with van der Waals surface area (Å²) >= 11 is 0. The predicted octanol–water partition coefficient (Wildman–Crippen LogP) is 3.17. The molecule has 1 rings (SSSR count). The van der Waals surface area contributed by atoms with Crippen LogP contribution in [0.2, 0.25) is 0 Å². The molecule has 0 fully saturated rings. The van der Waals surface area contributed by atoms with Gasteiger partial charge in [0.2, 0.25) is 0 Å². The summed E-state index contributed by atoms with van der Waals surface area (Å²) in [6.45, 7) is 4.39. The fourth-order valence-corrected chi connectivity index (χ4v) is 2.35. The predicted molar refractivity (Wildman–Crippen MR) is 80.3 cm³/mol. The van der Waals surface area contributed by atoms with E-state index < -0.39 is 0 Å². The molecule has 0 heterocycles. The Balaban J connectivity index is 2.79. The van der Waals surface area contributed by atoms with E-state index in [1.165, 1.54) is 6.07 Å². The van der Waals surface area contributed by atoms with Gasteiger partial charge in [0.05, 0.1) is 12.0 Å². The van der Waals surface area contributed by atoms with E-state index in [-0.39, 0.29) is 10.6 Å². The zero-order valence-electron chi connectivity index (χ0n) is 12.7. The molecule has 0 aromatic heterocycles. The van der Waals surface area contributed by atoms with Crippen LogP contribution in [0.15, 0.2) is 18.2 Å². The van der Waals surface area contributed by atoms with Gasteiger partial charge in [0, 0.05) is 23.7 Å². The topological polar surface area (TPSA) is 64.4 Å². The number of benzene rings is 1. The van der Waals surface area contributed by atoms with Crippen molar-refractivity contribution in [3.05, 3.63) is 33.9 Å². The van der Waals surface area contributed by atoms with Crippen LogP contribution in [0.1, 0.15) is 32.3 Å². The Kier molecular flexibility index (Phi) is 6.45. The molecule has 1 aromatic carbocycles. The molecule has 5 heteroatoms. The summed E-state index contributed by atoms with van der Waals surface area (Å²) < 4.78 is 5.28. The average molecular weight is 280 g/mol. The van der Waals surface area contributed by atoms with E-state index in [0.29, 0.717) is 12.0 Å². The minimum Gasteiger partial charge on any atom is -0.496 e. The van der Waals surface area contributed by atoms with Gasteiger partial charge >= 0.3 is 0 Å². The van der Waals surface area contributed by atoms with Gasteiger partial charge in [0.15, 0.2) is 0 Å². The lowest BCUT2D eigenvalue weighted by Crippen LogP contribution is -2.27. The molecule has 1 atom stereocenters. The summed E-state index contributed by atoms with van der Waals surface area (Å²) in [4.78, 5) is 10.5. The zero-order chi connectivity index (χ0) is 15.1. The third kappa shape index (κ3) is 4.81. The van der Waals surface area contributed by atoms with Gasteiger partial charge in [0.25, 0.3) is 5.69 Å². The molecule has 1 unspecified atom stereocenters. The summed E-state index contributed by atoms with van der Waals surface area (Å²) in [5.41, 5.74) is 1.01. The average Bonchev–Trinajstić information content (AvgIpc) is 2.42. The molecule has 0 aliphatic carbocycles. The normalized spacial score (nSPS) is 12.4. The monoisotopic (exact) mass is 280 g/mol. The van der Waals surface area contributed by atoms with E-state index in [2.05, 4.69) is 19.2 Å². The van der Waals surface area contributed by atoms with Crippen molar-refractivity contribution in [2.75, 3.05) is 14.2 Å². The number of ether oxygens (including phenoxy) is 1. The third-order valence-corrected chi connectivity index (χ3v) is 3.40. The molecular weight excluding hydrogens is 256 g/mol. The zero-order valence-corrected chi connectivity index (χ0v) is 12.7. The highest BCUT2D eigenvalue weighted by molar-refractivity contribution is 5.43. The van der Waals surface area contributed by atoms with E-state index in [1.54, 1.807) is 19.2 Å². The SMILES string of the molecule is CNC(CCc1cc([N+](=O)[O-])ccc1OC)CC(C)C. The van der Waals surface area contributed by atoms with Crippen LogP contribution in [-0.4, -0.2) is 25.1 Å². The molecule has 0 aliphatic rings. The van der Waals surface area contributed by atoms with Crippen molar-refractivity contribution in [2.45, 2.75) is 39.2 Å². The van der Waals surface area contributed by atoms with Gasteiger partial charge in [-0.1, -0.05) is 13.8 Å². The minimum atomic E-state index is -0.368. The van der Waals surface area contributed by atoms with Crippen molar-refractivity contribution in [3.63, 3.8) is 0 Å². The van der Waals surface area contributed by atoms with Crippen LogP contribution in [0.5, 0.6) is 5.75 Å². The van der Waals surface area contributed by atoms with Crippen LogP contribution in [-0.2, 0) is 6.42 Å². The third-order valence-electron chi connectivity index (χ3n) is 3.40. The second-order valence-electron chi connectivity index (χ2n) is 5.41.